The monoisotopic (exact) mass is 661 g/mol. The van der Waals surface area contributed by atoms with Crippen LogP contribution in [-0.2, 0) is 13.6 Å². The molecule has 1 aliphatic heterocycles. The van der Waals surface area contributed by atoms with Crippen LogP contribution >= 0.6 is 0 Å². The lowest BCUT2D eigenvalue weighted by Crippen LogP contribution is -2.66. The van der Waals surface area contributed by atoms with Crippen molar-refractivity contribution in [3.8, 4) is 0 Å². The van der Waals surface area contributed by atoms with E-state index >= 15 is 0 Å². The Hall–Kier alpha value is -2.30. The minimum Gasteiger partial charge on any atom is -0.413 e. The molecule has 46 heavy (non-hydrogen) atoms. The molecule has 7 heteroatoms. The molecule has 252 valence electrons. The van der Waals surface area contributed by atoms with Gasteiger partial charge in [0.05, 0.1) is 24.7 Å². The van der Waals surface area contributed by atoms with Crippen molar-refractivity contribution < 1.29 is 18.4 Å². The van der Waals surface area contributed by atoms with Gasteiger partial charge in [-0.25, -0.2) is 0 Å². The summed E-state index contributed by atoms with van der Waals surface area (Å²) in [5, 5.41) is 2.64. The maximum atomic E-state index is 13.5. The zero-order valence-electron chi connectivity index (χ0n) is 30.4. The summed E-state index contributed by atoms with van der Waals surface area (Å²) >= 11 is 0. The van der Waals surface area contributed by atoms with Gasteiger partial charge in [-0.15, -0.1) is 0 Å². The third-order valence-corrected chi connectivity index (χ3v) is 20.1. The highest BCUT2D eigenvalue weighted by molar-refractivity contribution is 6.99. The van der Waals surface area contributed by atoms with E-state index in [1.807, 2.05) is 30.5 Å². The van der Waals surface area contributed by atoms with Gasteiger partial charge in [-0.05, 0) is 78.8 Å². The lowest BCUT2D eigenvalue weighted by Gasteiger charge is -2.46. The molecule has 0 amide bonds. The quantitative estimate of drug-likeness (QED) is 0.152. The fraction of sp³-hybridized carbons (Fsp3) is 0.564. The molecular formula is C39H59NO4Si2. The van der Waals surface area contributed by atoms with Crippen molar-refractivity contribution in [1.82, 2.24) is 4.57 Å². The van der Waals surface area contributed by atoms with E-state index in [9.17, 15) is 4.79 Å². The molecule has 4 rings (SSSR count). The van der Waals surface area contributed by atoms with Gasteiger partial charge < -0.3 is 13.6 Å². The largest absolute Gasteiger partial charge is 0.413 e. The number of carbonyl (C=O) groups is 1. The van der Waals surface area contributed by atoms with E-state index in [4.69, 9.17) is 13.6 Å². The molecule has 0 bridgehead atoms. The molecule has 0 unspecified atom stereocenters. The maximum absolute atomic E-state index is 13.5. The highest BCUT2D eigenvalue weighted by atomic mass is 28.4. The van der Waals surface area contributed by atoms with Crippen LogP contribution in [0.1, 0.15) is 90.3 Å². The summed E-state index contributed by atoms with van der Waals surface area (Å²) in [4.78, 5) is 13.5. The first-order valence-corrected chi connectivity index (χ1v) is 22.1. The normalized spacial score (nSPS) is 21.4. The SMILES string of the molecule is Cc1ccc(C)n1C(=O)C[C@H]1C[C@H](O[Si](C)(C)C(C)(C)C)[C@H](C)[C@H](CCCO[Si](c2ccccc2)(c2ccccc2)C(C)(C)C)O1. The van der Waals surface area contributed by atoms with E-state index in [0.717, 1.165) is 30.7 Å². The molecule has 0 radical (unpaired) electrons. The Kier molecular flexibility index (Phi) is 11.5. The summed E-state index contributed by atoms with van der Waals surface area (Å²) in [7, 11) is -4.63. The molecule has 1 aromatic heterocycles. The van der Waals surface area contributed by atoms with Crippen LogP contribution in [0, 0.1) is 19.8 Å². The summed E-state index contributed by atoms with van der Waals surface area (Å²) in [5.41, 5.74) is 1.94. The second-order valence-corrected chi connectivity index (χ2v) is 25.1. The zero-order chi connectivity index (χ0) is 33.9. The second kappa shape index (κ2) is 14.4. The Labute approximate surface area is 281 Å². The van der Waals surface area contributed by atoms with Crippen molar-refractivity contribution in [2.75, 3.05) is 6.61 Å². The number of hydrogen-bond acceptors (Lipinski definition) is 4. The van der Waals surface area contributed by atoms with E-state index in [0.29, 0.717) is 13.0 Å². The molecule has 4 atom stereocenters. The third kappa shape index (κ3) is 7.87. The minimum atomic E-state index is -2.60. The number of hydrogen-bond donors (Lipinski definition) is 0. The van der Waals surface area contributed by atoms with Crippen molar-refractivity contribution in [2.45, 2.75) is 129 Å². The van der Waals surface area contributed by atoms with Crippen LogP contribution in [0.15, 0.2) is 72.8 Å². The number of ether oxygens (including phenoxy) is 1. The average molecular weight is 662 g/mol. The summed E-state index contributed by atoms with van der Waals surface area (Å²) in [5.74, 6) is 0.322. The standard InChI is InChI=1S/C39H59NO4Si2/c1-29-24-25-30(2)40(29)37(41)28-32-27-36(44-45(10,11)38(4,5)6)31(3)35(43-32)23-18-26-42-46(39(7,8)9,33-19-14-12-15-20-33)34-21-16-13-17-22-34/h12-17,19-22,24-25,31-32,35-36H,18,23,26-28H2,1-11H3/t31-,32-,35+,36+/m1/s1. The van der Waals surface area contributed by atoms with Crippen molar-refractivity contribution in [2.24, 2.45) is 5.92 Å². The van der Waals surface area contributed by atoms with Crippen molar-refractivity contribution >= 4 is 32.9 Å². The Bertz CT molecular complexity index is 1360. The van der Waals surface area contributed by atoms with Gasteiger partial charge in [0, 0.05) is 23.9 Å². The molecule has 0 N–H and O–H groups in total. The Morgan fingerprint density at radius 2 is 1.37 bits per heavy atom. The van der Waals surface area contributed by atoms with Gasteiger partial charge in [-0.3, -0.25) is 9.36 Å². The molecule has 0 aliphatic carbocycles. The van der Waals surface area contributed by atoms with E-state index in [2.05, 4.69) is 122 Å². The van der Waals surface area contributed by atoms with Crippen LogP contribution in [-0.4, -0.2) is 52.0 Å². The number of nitrogens with zero attached hydrogens (tertiary/aromatic N) is 1. The van der Waals surface area contributed by atoms with Crippen LogP contribution < -0.4 is 10.4 Å². The van der Waals surface area contributed by atoms with Crippen LogP contribution in [0.2, 0.25) is 23.2 Å². The first kappa shape index (κ1) is 36.5. The van der Waals surface area contributed by atoms with Gasteiger partial charge in [0.2, 0.25) is 5.91 Å². The fourth-order valence-corrected chi connectivity index (χ4v) is 13.0. The predicted molar refractivity (Wildman–Crippen MR) is 196 cm³/mol. The fourth-order valence-electron chi connectivity index (χ4n) is 6.93. The van der Waals surface area contributed by atoms with Crippen LogP contribution in [0.25, 0.3) is 0 Å². The molecule has 3 aromatic rings. The maximum Gasteiger partial charge on any atom is 0.261 e. The zero-order valence-corrected chi connectivity index (χ0v) is 32.4. The summed E-state index contributed by atoms with van der Waals surface area (Å²) in [6.07, 6.45) is 2.72. The minimum absolute atomic E-state index is 0.00377. The van der Waals surface area contributed by atoms with Gasteiger partial charge in [0.15, 0.2) is 8.32 Å². The van der Waals surface area contributed by atoms with Gasteiger partial charge >= 0.3 is 0 Å². The molecule has 5 nitrogen and oxygen atoms in total. The molecule has 1 saturated heterocycles. The van der Waals surface area contributed by atoms with Crippen molar-refractivity contribution in [1.29, 1.82) is 0 Å². The van der Waals surface area contributed by atoms with Gasteiger partial charge in [-0.2, -0.15) is 0 Å². The third-order valence-electron chi connectivity index (χ3n) is 10.6. The number of rotatable bonds is 11. The van der Waals surface area contributed by atoms with Gasteiger partial charge in [-0.1, -0.05) is 109 Å². The lowest BCUT2D eigenvalue weighted by molar-refractivity contribution is -0.128. The van der Waals surface area contributed by atoms with Gasteiger partial charge in [0.1, 0.15) is 0 Å². The number of aromatic nitrogens is 1. The first-order chi connectivity index (χ1) is 21.5. The van der Waals surface area contributed by atoms with E-state index in [-0.39, 0.29) is 40.2 Å². The van der Waals surface area contributed by atoms with Gasteiger partial charge in [0.25, 0.3) is 8.32 Å². The second-order valence-electron chi connectivity index (χ2n) is 16.0. The van der Waals surface area contributed by atoms with Crippen LogP contribution in [0.5, 0.6) is 0 Å². The molecule has 0 spiro atoms. The lowest BCUT2D eigenvalue weighted by atomic mass is 9.87. The average Bonchev–Trinajstić information content (AvgIpc) is 3.32. The van der Waals surface area contributed by atoms with E-state index in [1.54, 1.807) is 0 Å². The highest BCUT2D eigenvalue weighted by Crippen LogP contribution is 2.42. The summed E-state index contributed by atoms with van der Waals surface area (Å²) < 4.78 is 22.9. The van der Waals surface area contributed by atoms with Crippen molar-refractivity contribution in [3.05, 3.63) is 84.2 Å². The van der Waals surface area contributed by atoms with E-state index < -0.39 is 16.6 Å². The molecule has 2 aromatic carbocycles. The molecular weight excluding hydrogens is 603 g/mol. The Morgan fingerprint density at radius 3 is 1.85 bits per heavy atom. The smallest absolute Gasteiger partial charge is 0.261 e. The van der Waals surface area contributed by atoms with Crippen molar-refractivity contribution in [3.63, 3.8) is 0 Å². The molecule has 1 fully saturated rings. The van der Waals surface area contributed by atoms with Crippen LogP contribution in [0.3, 0.4) is 0 Å². The van der Waals surface area contributed by atoms with Crippen LogP contribution in [0.4, 0.5) is 0 Å². The predicted octanol–water partition coefficient (Wildman–Crippen LogP) is 8.68. The number of benzene rings is 2. The Balaban J connectivity index is 1.55. The molecule has 0 saturated carbocycles. The summed E-state index contributed by atoms with van der Waals surface area (Å²) in [6.45, 7) is 25.4. The molecule has 2 heterocycles. The van der Waals surface area contributed by atoms with E-state index in [1.165, 1.54) is 10.4 Å². The number of aryl methyl sites for hydroxylation is 2. The highest BCUT2D eigenvalue weighted by Gasteiger charge is 2.50. The Morgan fingerprint density at radius 1 is 0.848 bits per heavy atom. The first-order valence-electron chi connectivity index (χ1n) is 17.2. The number of carbonyl (C=O) groups excluding carboxylic acids is 1. The molecule has 1 aliphatic rings. The summed E-state index contributed by atoms with van der Waals surface area (Å²) in [6, 6.07) is 25.7. The topological polar surface area (TPSA) is 49.7 Å².